The van der Waals surface area contributed by atoms with Gasteiger partial charge in [-0.15, -0.1) is 0 Å². The molecule has 2 aliphatic rings. The number of piperidine rings is 2. The third-order valence-electron chi connectivity index (χ3n) is 8.02. The van der Waals surface area contributed by atoms with Crippen molar-refractivity contribution in [3.8, 4) is 11.5 Å². The molecule has 0 aromatic heterocycles. The fourth-order valence-electron chi connectivity index (χ4n) is 5.89. The van der Waals surface area contributed by atoms with Crippen LogP contribution < -0.4 is 9.47 Å². The Labute approximate surface area is 227 Å². The molecule has 1 amide bonds. The molecule has 2 saturated heterocycles. The molecule has 5 nitrogen and oxygen atoms in total. The van der Waals surface area contributed by atoms with E-state index in [1.165, 1.54) is 11.1 Å². The van der Waals surface area contributed by atoms with Crippen LogP contribution in [0.3, 0.4) is 0 Å². The Morgan fingerprint density at radius 3 is 2.24 bits per heavy atom. The van der Waals surface area contributed by atoms with Gasteiger partial charge in [-0.25, -0.2) is 0 Å². The topological polar surface area (TPSA) is 42.0 Å². The van der Waals surface area contributed by atoms with Crippen molar-refractivity contribution in [2.45, 2.75) is 45.3 Å². The summed E-state index contributed by atoms with van der Waals surface area (Å²) in [6.45, 7) is 4.98. The van der Waals surface area contributed by atoms with Crippen molar-refractivity contribution in [2.75, 3.05) is 33.3 Å². The van der Waals surface area contributed by atoms with E-state index in [0.29, 0.717) is 18.4 Å². The molecule has 0 saturated carbocycles. The summed E-state index contributed by atoms with van der Waals surface area (Å²) >= 11 is 0. The normalized spacial score (nSPS) is 18.8. The third-order valence-corrected chi connectivity index (χ3v) is 8.02. The number of carbonyl (C=O) groups excluding carboxylic acids is 1. The molecule has 5 heteroatoms. The number of benzene rings is 3. The molecule has 0 bridgehead atoms. The molecule has 0 N–H and O–H groups in total. The number of likely N-dealkylation sites (tertiary alicyclic amines) is 2. The first-order valence-electron chi connectivity index (χ1n) is 14.1. The van der Waals surface area contributed by atoms with Crippen LogP contribution in [0.15, 0.2) is 78.9 Å². The lowest BCUT2D eigenvalue weighted by Gasteiger charge is -2.38. The highest BCUT2D eigenvalue weighted by Crippen LogP contribution is 2.31. The molecule has 1 unspecified atom stereocenters. The van der Waals surface area contributed by atoms with E-state index in [-0.39, 0.29) is 5.92 Å². The summed E-state index contributed by atoms with van der Waals surface area (Å²) in [6.07, 6.45) is 5.40. The molecule has 38 heavy (non-hydrogen) atoms. The number of hydrogen-bond donors (Lipinski definition) is 0. The van der Waals surface area contributed by atoms with Crippen LogP contribution in [-0.2, 0) is 24.4 Å². The van der Waals surface area contributed by atoms with Crippen LogP contribution in [-0.4, -0.2) is 49.0 Å². The Morgan fingerprint density at radius 1 is 0.816 bits per heavy atom. The molecule has 200 valence electrons. The Morgan fingerprint density at radius 2 is 1.53 bits per heavy atom. The van der Waals surface area contributed by atoms with Crippen molar-refractivity contribution in [1.29, 1.82) is 0 Å². The van der Waals surface area contributed by atoms with Gasteiger partial charge in [0, 0.05) is 26.2 Å². The summed E-state index contributed by atoms with van der Waals surface area (Å²) in [5, 5.41) is 0. The van der Waals surface area contributed by atoms with E-state index in [4.69, 9.17) is 9.47 Å². The van der Waals surface area contributed by atoms with E-state index in [9.17, 15) is 4.79 Å². The molecule has 3 aromatic rings. The average molecular weight is 513 g/mol. The van der Waals surface area contributed by atoms with Gasteiger partial charge in [0.05, 0.1) is 13.0 Å². The van der Waals surface area contributed by atoms with E-state index in [2.05, 4.69) is 64.4 Å². The number of hydrogen-bond acceptors (Lipinski definition) is 4. The summed E-state index contributed by atoms with van der Waals surface area (Å²) in [6, 6.07) is 27.1. The number of amides is 1. The quantitative estimate of drug-likeness (QED) is 0.354. The van der Waals surface area contributed by atoms with Gasteiger partial charge in [-0.3, -0.25) is 9.69 Å². The van der Waals surface area contributed by atoms with Crippen LogP contribution in [0.4, 0.5) is 0 Å². The van der Waals surface area contributed by atoms with Crippen LogP contribution >= 0.6 is 0 Å². The second kappa shape index (κ2) is 13.0. The maximum absolute atomic E-state index is 13.4. The molecular weight excluding hydrogens is 472 g/mol. The van der Waals surface area contributed by atoms with Gasteiger partial charge in [0.1, 0.15) is 6.61 Å². The largest absolute Gasteiger partial charge is 0.493 e. The molecule has 2 fully saturated rings. The highest BCUT2D eigenvalue weighted by atomic mass is 16.5. The predicted octanol–water partition coefficient (Wildman–Crippen LogP) is 5.97. The Hall–Kier alpha value is -3.31. The van der Waals surface area contributed by atoms with E-state index >= 15 is 0 Å². The minimum absolute atomic E-state index is 0.102. The summed E-state index contributed by atoms with van der Waals surface area (Å²) < 4.78 is 11.7. The first kappa shape index (κ1) is 26.3. The number of rotatable bonds is 9. The van der Waals surface area contributed by atoms with E-state index in [1.54, 1.807) is 7.11 Å². The molecule has 0 radical (unpaired) electrons. The number of methoxy groups -OCH3 is 1. The second-order valence-corrected chi connectivity index (χ2v) is 10.8. The van der Waals surface area contributed by atoms with Gasteiger partial charge >= 0.3 is 0 Å². The summed E-state index contributed by atoms with van der Waals surface area (Å²) in [5.41, 5.74) is 3.72. The van der Waals surface area contributed by atoms with Gasteiger partial charge in [0.25, 0.3) is 0 Å². The van der Waals surface area contributed by atoms with Gasteiger partial charge in [0.2, 0.25) is 5.91 Å². The molecular formula is C33H40N2O3. The number of nitrogens with zero attached hydrogens (tertiary/aromatic N) is 2. The Bertz CT molecular complexity index is 1160. The third kappa shape index (κ3) is 6.96. The Kier molecular flexibility index (Phi) is 8.98. The van der Waals surface area contributed by atoms with Crippen LogP contribution in [0.1, 0.15) is 42.4 Å². The SMILES string of the molecule is COc1cc(CN2CCCC(C(=O)N3CCC(Cc4ccccc4)CC3)C2)ccc1OCc1ccccc1. The zero-order chi connectivity index (χ0) is 26.2. The lowest BCUT2D eigenvalue weighted by atomic mass is 9.89. The van der Waals surface area contributed by atoms with Crippen LogP contribution in [0.25, 0.3) is 0 Å². The van der Waals surface area contributed by atoms with Gasteiger partial charge in [-0.1, -0.05) is 66.7 Å². The van der Waals surface area contributed by atoms with E-state index in [0.717, 1.165) is 81.9 Å². The Balaban J connectivity index is 1.12. The molecule has 5 rings (SSSR count). The van der Waals surface area contributed by atoms with Gasteiger partial charge in [-0.05, 0) is 73.4 Å². The smallest absolute Gasteiger partial charge is 0.226 e. The standard InChI is InChI=1S/C33H40N2O3/c1-37-32-22-29(14-15-31(32)38-25-28-11-6-3-7-12-28)23-34-18-8-13-30(24-34)33(36)35-19-16-27(17-20-35)21-26-9-4-2-5-10-26/h2-7,9-12,14-15,22,27,30H,8,13,16-21,23-25H2,1H3. The zero-order valence-corrected chi connectivity index (χ0v) is 22.6. The van der Waals surface area contributed by atoms with Gasteiger partial charge < -0.3 is 14.4 Å². The minimum atomic E-state index is 0.102. The maximum atomic E-state index is 13.4. The zero-order valence-electron chi connectivity index (χ0n) is 22.6. The minimum Gasteiger partial charge on any atom is -0.493 e. The summed E-state index contributed by atoms with van der Waals surface area (Å²) in [7, 11) is 1.69. The first-order valence-corrected chi connectivity index (χ1v) is 14.1. The lowest BCUT2D eigenvalue weighted by molar-refractivity contribution is -0.138. The van der Waals surface area contributed by atoms with Gasteiger partial charge in [0.15, 0.2) is 11.5 Å². The van der Waals surface area contributed by atoms with Crippen molar-refractivity contribution in [3.63, 3.8) is 0 Å². The molecule has 0 spiro atoms. The molecule has 0 aliphatic carbocycles. The van der Waals surface area contributed by atoms with Crippen molar-refractivity contribution in [3.05, 3.63) is 95.6 Å². The number of ether oxygens (including phenoxy) is 2. The lowest BCUT2D eigenvalue weighted by Crippen LogP contribution is -2.47. The van der Waals surface area contributed by atoms with Crippen molar-refractivity contribution in [1.82, 2.24) is 9.80 Å². The number of carbonyl (C=O) groups is 1. The maximum Gasteiger partial charge on any atom is 0.226 e. The highest BCUT2D eigenvalue weighted by Gasteiger charge is 2.31. The fraction of sp³-hybridized carbons (Fsp3) is 0.424. The second-order valence-electron chi connectivity index (χ2n) is 10.8. The van der Waals surface area contributed by atoms with Crippen LogP contribution in [0, 0.1) is 11.8 Å². The molecule has 2 aliphatic heterocycles. The van der Waals surface area contributed by atoms with Crippen LogP contribution in [0.5, 0.6) is 11.5 Å². The van der Waals surface area contributed by atoms with Crippen molar-refractivity contribution >= 4 is 5.91 Å². The monoisotopic (exact) mass is 512 g/mol. The predicted molar refractivity (Wildman–Crippen MR) is 151 cm³/mol. The summed E-state index contributed by atoms with van der Waals surface area (Å²) in [4.78, 5) is 18.0. The van der Waals surface area contributed by atoms with Crippen molar-refractivity contribution in [2.24, 2.45) is 11.8 Å². The van der Waals surface area contributed by atoms with E-state index < -0.39 is 0 Å². The average Bonchev–Trinajstić information content (AvgIpc) is 2.97. The van der Waals surface area contributed by atoms with Gasteiger partial charge in [-0.2, -0.15) is 0 Å². The van der Waals surface area contributed by atoms with Crippen LogP contribution in [0.2, 0.25) is 0 Å². The van der Waals surface area contributed by atoms with Crippen molar-refractivity contribution < 1.29 is 14.3 Å². The van der Waals surface area contributed by atoms with E-state index in [1.807, 2.05) is 24.3 Å². The highest BCUT2D eigenvalue weighted by molar-refractivity contribution is 5.79. The molecule has 2 heterocycles. The fourth-order valence-corrected chi connectivity index (χ4v) is 5.89. The molecule has 3 aromatic carbocycles. The summed E-state index contributed by atoms with van der Waals surface area (Å²) in [5.74, 6) is 2.64. The first-order chi connectivity index (χ1) is 18.7. The molecule has 1 atom stereocenters.